The summed E-state index contributed by atoms with van der Waals surface area (Å²) >= 11 is 1.58. The molecule has 0 atom stereocenters. The van der Waals surface area contributed by atoms with Gasteiger partial charge in [0, 0.05) is 17.3 Å². The molecule has 1 amide bonds. The van der Waals surface area contributed by atoms with Gasteiger partial charge in [0.25, 0.3) is 5.91 Å². The van der Waals surface area contributed by atoms with Gasteiger partial charge in [-0.3, -0.25) is 4.79 Å². The first-order valence-corrected chi connectivity index (χ1v) is 11.1. The molecule has 0 aliphatic rings. The molecule has 0 fully saturated rings. The number of fused-ring (bicyclic) bond motifs is 1. The van der Waals surface area contributed by atoms with Crippen LogP contribution >= 0.6 is 11.3 Å². The molecule has 7 nitrogen and oxygen atoms in total. The molecular formula is C24H24N4O3S. The molecular weight excluding hydrogens is 424 g/mol. The van der Waals surface area contributed by atoms with Crippen LogP contribution in [-0.4, -0.2) is 35.6 Å². The van der Waals surface area contributed by atoms with E-state index in [9.17, 15) is 4.79 Å². The lowest BCUT2D eigenvalue weighted by Crippen LogP contribution is -2.34. The fraction of sp³-hybridized carbons (Fsp3) is 0.208. The van der Waals surface area contributed by atoms with Gasteiger partial charge in [-0.2, -0.15) is 0 Å². The highest BCUT2D eigenvalue weighted by atomic mass is 32.1. The van der Waals surface area contributed by atoms with Crippen molar-refractivity contribution in [2.45, 2.75) is 19.9 Å². The second-order valence-corrected chi connectivity index (χ2v) is 8.34. The zero-order valence-corrected chi connectivity index (χ0v) is 18.9. The van der Waals surface area contributed by atoms with Gasteiger partial charge < -0.3 is 20.1 Å². The van der Waals surface area contributed by atoms with Crippen LogP contribution in [0.3, 0.4) is 0 Å². The monoisotopic (exact) mass is 448 g/mol. The Balaban J connectivity index is 1.60. The summed E-state index contributed by atoms with van der Waals surface area (Å²) in [5, 5.41) is 8.19. The van der Waals surface area contributed by atoms with E-state index in [1.807, 2.05) is 73.8 Å². The predicted octanol–water partition coefficient (Wildman–Crippen LogP) is 5.01. The van der Waals surface area contributed by atoms with Crippen molar-refractivity contribution in [2.75, 3.05) is 19.0 Å². The van der Waals surface area contributed by atoms with Crippen LogP contribution in [0.25, 0.3) is 21.6 Å². The Bertz CT molecular complexity index is 1220. The SMILES string of the molecule is COc1ccc(Nc2nc(-c3cccc(OCC(=O)NC(C)C)c3)nc3ccsc23)cc1. The number of aromatic nitrogens is 2. The third-order valence-electron chi connectivity index (χ3n) is 4.57. The van der Waals surface area contributed by atoms with E-state index in [1.54, 1.807) is 18.4 Å². The number of nitrogens with one attached hydrogen (secondary N) is 2. The molecule has 0 radical (unpaired) electrons. The lowest BCUT2D eigenvalue weighted by Gasteiger charge is -2.11. The molecule has 4 aromatic rings. The Morgan fingerprint density at radius 2 is 1.88 bits per heavy atom. The fourth-order valence-electron chi connectivity index (χ4n) is 3.13. The lowest BCUT2D eigenvalue weighted by atomic mass is 10.2. The highest BCUT2D eigenvalue weighted by Gasteiger charge is 2.12. The van der Waals surface area contributed by atoms with E-state index < -0.39 is 0 Å². The maximum absolute atomic E-state index is 11.9. The molecule has 4 rings (SSSR count). The standard InChI is InChI=1S/C24H24N4O3S/c1-15(2)25-21(29)14-31-19-6-4-5-16(13-19)23-27-20-11-12-32-22(20)24(28-23)26-17-7-9-18(30-3)10-8-17/h4-13,15H,14H2,1-3H3,(H,25,29)(H,26,27,28). The summed E-state index contributed by atoms with van der Waals surface area (Å²) in [5.41, 5.74) is 2.56. The van der Waals surface area contributed by atoms with Crippen molar-refractivity contribution < 1.29 is 14.3 Å². The van der Waals surface area contributed by atoms with Gasteiger partial charge in [-0.15, -0.1) is 11.3 Å². The van der Waals surface area contributed by atoms with E-state index in [2.05, 4.69) is 10.6 Å². The number of carbonyl (C=O) groups is 1. The van der Waals surface area contributed by atoms with Gasteiger partial charge in [0.15, 0.2) is 18.2 Å². The van der Waals surface area contributed by atoms with Crippen LogP contribution in [0.1, 0.15) is 13.8 Å². The number of amides is 1. The Morgan fingerprint density at radius 3 is 2.62 bits per heavy atom. The van der Waals surface area contributed by atoms with Gasteiger partial charge in [-0.25, -0.2) is 9.97 Å². The van der Waals surface area contributed by atoms with Crippen LogP contribution in [0.15, 0.2) is 60.0 Å². The van der Waals surface area contributed by atoms with Gasteiger partial charge in [0.2, 0.25) is 0 Å². The summed E-state index contributed by atoms with van der Waals surface area (Å²) in [6.07, 6.45) is 0. The molecule has 8 heteroatoms. The topological polar surface area (TPSA) is 85.4 Å². The van der Waals surface area contributed by atoms with Crippen molar-refractivity contribution in [1.82, 2.24) is 15.3 Å². The average Bonchev–Trinajstić information content (AvgIpc) is 3.27. The second kappa shape index (κ2) is 9.65. The molecule has 0 bridgehead atoms. The van der Waals surface area contributed by atoms with Gasteiger partial charge in [0.1, 0.15) is 11.5 Å². The minimum atomic E-state index is -0.160. The first-order chi connectivity index (χ1) is 15.5. The number of anilines is 2. The van der Waals surface area contributed by atoms with E-state index in [0.717, 1.165) is 33.0 Å². The van der Waals surface area contributed by atoms with Crippen LogP contribution in [0, 0.1) is 0 Å². The van der Waals surface area contributed by atoms with Gasteiger partial charge in [-0.05, 0) is 61.7 Å². The zero-order valence-electron chi connectivity index (χ0n) is 18.1. The molecule has 2 aromatic heterocycles. The predicted molar refractivity (Wildman–Crippen MR) is 128 cm³/mol. The molecule has 0 unspecified atom stereocenters. The maximum Gasteiger partial charge on any atom is 0.258 e. The zero-order chi connectivity index (χ0) is 22.5. The smallest absolute Gasteiger partial charge is 0.258 e. The maximum atomic E-state index is 11.9. The molecule has 0 saturated carbocycles. The number of hydrogen-bond acceptors (Lipinski definition) is 7. The Labute approximate surface area is 190 Å². The first kappa shape index (κ1) is 21.6. The van der Waals surface area contributed by atoms with E-state index in [4.69, 9.17) is 19.4 Å². The first-order valence-electron chi connectivity index (χ1n) is 10.2. The Morgan fingerprint density at radius 1 is 1.06 bits per heavy atom. The number of rotatable bonds is 8. The average molecular weight is 449 g/mol. The second-order valence-electron chi connectivity index (χ2n) is 7.42. The van der Waals surface area contributed by atoms with Crippen LogP contribution < -0.4 is 20.1 Å². The summed E-state index contributed by atoms with van der Waals surface area (Å²) in [4.78, 5) is 21.4. The highest BCUT2D eigenvalue weighted by Crippen LogP contribution is 2.32. The Hall–Kier alpha value is -3.65. The third-order valence-corrected chi connectivity index (χ3v) is 5.48. The minimum Gasteiger partial charge on any atom is -0.497 e. The molecule has 32 heavy (non-hydrogen) atoms. The van der Waals surface area contributed by atoms with Gasteiger partial charge in [0.05, 0.1) is 17.3 Å². The molecule has 0 spiro atoms. The van der Waals surface area contributed by atoms with E-state index in [1.165, 1.54) is 0 Å². The molecule has 164 valence electrons. The number of hydrogen-bond donors (Lipinski definition) is 2. The fourth-order valence-corrected chi connectivity index (χ4v) is 3.90. The summed E-state index contributed by atoms with van der Waals surface area (Å²) in [5.74, 6) is 2.52. The van der Waals surface area contributed by atoms with Gasteiger partial charge in [-0.1, -0.05) is 12.1 Å². The van der Waals surface area contributed by atoms with Crippen LogP contribution in [0.4, 0.5) is 11.5 Å². The summed E-state index contributed by atoms with van der Waals surface area (Å²) in [7, 11) is 1.64. The van der Waals surface area contributed by atoms with Crippen LogP contribution in [-0.2, 0) is 4.79 Å². The van der Waals surface area contributed by atoms with Crippen molar-refractivity contribution >= 4 is 39.0 Å². The number of nitrogens with zero attached hydrogens (tertiary/aromatic N) is 2. The summed E-state index contributed by atoms with van der Waals surface area (Å²) < 4.78 is 11.9. The van der Waals surface area contributed by atoms with Crippen molar-refractivity contribution in [3.8, 4) is 22.9 Å². The molecule has 0 saturated heterocycles. The molecule has 2 N–H and O–H groups in total. The van der Waals surface area contributed by atoms with Crippen LogP contribution in [0.2, 0.25) is 0 Å². The van der Waals surface area contributed by atoms with E-state index in [0.29, 0.717) is 11.6 Å². The van der Waals surface area contributed by atoms with Crippen LogP contribution in [0.5, 0.6) is 11.5 Å². The molecule has 0 aliphatic heterocycles. The number of methoxy groups -OCH3 is 1. The van der Waals surface area contributed by atoms with E-state index >= 15 is 0 Å². The normalized spacial score (nSPS) is 10.9. The lowest BCUT2D eigenvalue weighted by molar-refractivity contribution is -0.123. The molecule has 0 aliphatic carbocycles. The van der Waals surface area contributed by atoms with Crippen molar-refractivity contribution in [3.63, 3.8) is 0 Å². The van der Waals surface area contributed by atoms with Crippen molar-refractivity contribution in [1.29, 1.82) is 0 Å². The third kappa shape index (κ3) is 5.15. The number of carbonyl (C=O) groups excluding carboxylic acids is 1. The quantitative estimate of drug-likeness (QED) is 0.394. The number of benzene rings is 2. The van der Waals surface area contributed by atoms with Crippen molar-refractivity contribution in [3.05, 3.63) is 60.0 Å². The molecule has 2 aromatic carbocycles. The largest absolute Gasteiger partial charge is 0.497 e. The van der Waals surface area contributed by atoms with Gasteiger partial charge >= 0.3 is 0 Å². The highest BCUT2D eigenvalue weighted by molar-refractivity contribution is 7.17. The molecule has 2 heterocycles. The van der Waals surface area contributed by atoms with E-state index in [-0.39, 0.29) is 18.6 Å². The number of ether oxygens (including phenoxy) is 2. The van der Waals surface area contributed by atoms with Crippen molar-refractivity contribution in [2.24, 2.45) is 0 Å². The number of thiophene rings is 1. The summed E-state index contributed by atoms with van der Waals surface area (Å²) in [6.45, 7) is 3.78. The Kier molecular flexibility index (Phi) is 6.51. The minimum absolute atomic E-state index is 0.0453. The summed E-state index contributed by atoms with van der Waals surface area (Å²) in [6, 6.07) is 17.2.